The summed E-state index contributed by atoms with van der Waals surface area (Å²) in [4.78, 5) is 6.49. The Labute approximate surface area is 242 Å². The molecule has 2 unspecified atom stereocenters. The van der Waals surface area contributed by atoms with E-state index >= 15 is 0 Å². The summed E-state index contributed by atoms with van der Waals surface area (Å²) in [6, 6.07) is 0. The molecule has 0 N–H and O–H groups in total. The van der Waals surface area contributed by atoms with E-state index in [1.165, 1.54) is 145 Å². The largest absolute Gasteiger partial charge is 0.249 e. The van der Waals surface area contributed by atoms with Gasteiger partial charge in [0.05, 0.1) is 5.01 Å². The number of unbranched alkanes of at least 4 members (excludes halogenated alkanes) is 12. The Hall–Kier alpha value is -0.0200. The van der Waals surface area contributed by atoms with Crippen molar-refractivity contribution in [3.8, 4) is 0 Å². The smallest absolute Gasteiger partial charge is 0.0936 e. The lowest BCUT2D eigenvalue weighted by atomic mass is 9.79. The molecule has 0 saturated carbocycles. The second-order valence-corrected chi connectivity index (χ2v) is 14.8. The molecule has 1 aromatic heterocycles. The molecule has 2 atom stereocenters. The summed E-state index contributed by atoms with van der Waals surface area (Å²) in [6.07, 6.45) is 31.1. The quantitative estimate of drug-likeness (QED) is 0.106. The molecular formula is C34H65NS2. The van der Waals surface area contributed by atoms with Crippen LogP contribution in [0.4, 0.5) is 0 Å². The number of rotatable bonds is 26. The lowest BCUT2D eigenvalue weighted by molar-refractivity contribution is 0.290. The van der Waals surface area contributed by atoms with Crippen molar-refractivity contribution in [2.75, 3.05) is 11.5 Å². The van der Waals surface area contributed by atoms with E-state index in [1.807, 2.05) is 11.3 Å². The van der Waals surface area contributed by atoms with Crippen molar-refractivity contribution in [1.29, 1.82) is 0 Å². The fourth-order valence-corrected chi connectivity index (χ4v) is 8.16. The molecule has 0 amide bonds. The van der Waals surface area contributed by atoms with Gasteiger partial charge in [0.15, 0.2) is 0 Å². The predicted octanol–water partition coefficient (Wildman–Crippen LogP) is 12.6. The average molecular weight is 552 g/mol. The summed E-state index contributed by atoms with van der Waals surface area (Å²) >= 11 is 4.24. The lowest BCUT2D eigenvalue weighted by Crippen LogP contribution is -2.20. The highest BCUT2D eigenvalue weighted by Gasteiger charge is 2.28. The van der Waals surface area contributed by atoms with Gasteiger partial charge < -0.3 is 0 Å². The lowest BCUT2D eigenvalue weighted by Gasteiger charge is -2.30. The number of aromatic nitrogens is 1. The molecule has 0 aromatic carbocycles. The van der Waals surface area contributed by atoms with Crippen molar-refractivity contribution in [3.05, 3.63) is 16.1 Å². The van der Waals surface area contributed by atoms with Gasteiger partial charge in [-0.25, -0.2) is 4.98 Å². The Balaban J connectivity index is 2.57. The highest BCUT2D eigenvalue weighted by Crippen LogP contribution is 2.39. The van der Waals surface area contributed by atoms with Crippen molar-refractivity contribution in [3.63, 3.8) is 0 Å². The first-order chi connectivity index (χ1) is 17.9. The van der Waals surface area contributed by atoms with Crippen LogP contribution < -0.4 is 0 Å². The molecular weight excluding hydrogens is 487 g/mol. The van der Waals surface area contributed by atoms with Gasteiger partial charge in [-0.3, -0.25) is 0 Å². The van der Waals surface area contributed by atoms with Crippen LogP contribution in [0.5, 0.6) is 0 Å². The maximum absolute atomic E-state index is 4.94. The molecule has 0 radical (unpaired) electrons. The van der Waals surface area contributed by atoms with Crippen LogP contribution in [-0.4, -0.2) is 16.5 Å². The zero-order valence-corrected chi connectivity index (χ0v) is 27.7. The standard InChI is InChI=1S/C34H65NS2/c1-7-11-15-18-21-25-33(5,24-20-17-13-9-3)30-36-28-23-32-35-29-31(37-32)34(6,26-14-10-4)27-22-19-16-12-8-2/h29H,7-28,30H2,1-6H3. The highest BCUT2D eigenvalue weighted by molar-refractivity contribution is 7.99. The maximum Gasteiger partial charge on any atom is 0.0936 e. The van der Waals surface area contributed by atoms with E-state index < -0.39 is 0 Å². The van der Waals surface area contributed by atoms with Gasteiger partial charge in [0.2, 0.25) is 0 Å². The Morgan fingerprint density at radius 2 is 1.14 bits per heavy atom. The average Bonchev–Trinajstić information content (AvgIpc) is 3.38. The molecule has 1 heterocycles. The molecule has 218 valence electrons. The molecule has 1 aromatic rings. The first kappa shape index (κ1) is 35.0. The normalized spacial score (nSPS) is 15.1. The van der Waals surface area contributed by atoms with E-state index in [2.05, 4.69) is 59.5 Å². The molecule has 0 aliphatic heterocycles. The van der Waals surface area contributed by atoms with Gasteiger partial charge in [0.25, 0.3) is 0 Å². The van der Waals surface area contributed by atoms with Crippen molar-refractivity contribution < 1.29 is 0 Å². The summed E-state index contributed by atoms with van der Waals surface area (Å²) in [5, 5.41) is 1.38. The van der Waals surface area contributed by atoms with Gasteiger partial charge in [-0.15, -0.1) is 11.3 Å². The monoisotopic (exact) mass is 551 g/mol. The van der Waals surface area contributed by atoms with Gasteiger partial charge in [-0.2, -0.15) is 11.8 Å². The van der Waals surface area contributed by atoms with Crippen molar-refractivity contribution in [1.82, 2.24) is 4.98 Å². The van der Waals surface area contributed by atoms with Crippen LogP contribution in [0, 0.1) is 5.41 Å². The minimum absolute atomic E-state index is 0.333. The number of aryl methyl sites for hydroxylation is 1. The van der Waals surface area contributed by atoms with Gasteiger partial charge in [0.1, 0.15) is 0 Å². The van der Waals surface area contributed by atoms with E-state index in [0.29, 0.717) is 10.8 Å². The van der Waals surface area contributed by atoms with Crippen LogP contribution in [0.15, 0.2) is 6.20 Å². The van der Waals surface area contributed by atoms with Gasteiger partial charge >= 0.3 is 0 Å². The Morgan fingerprint density at radius 3 is 1.70 bits per heavy atom. The molecule has 0 saturated heterocycles. The van der Waals surface area contributed by atoms with Crippen LogP contribution in [0.3, 0.4) is 0 Å². The minimum Gasteiger partial charge on any atom is -0.249 e. The van der Waals surface area contributed by atoms with Crippen molar-refractivity contribution >= 4 is 23.1 Å². The molecule has 0 aliphatic rings. The number of thiazole rings is 1. The number of thioether (sulfide) groups is 1. The van der Waals surface area contributed by atoms with Crippen LogP contribution in [0.25, 0.3) is 0 Å². The third-order valence-corrected chi connectivity index (χ3v) is 11.2. The number of hydrogen-bond acceptors (Lipinski definition) is 3. The summed E-state index contributed by atoms with van der Waals surface area (Å²) < 4.78 is 0. The summed E-state index contributed by atoms with van der Waals surface area (Å²) in [5.74, 6) is 2.56. The Kier molecular flexibility index (Phi) is 20.6. The molecule has 37 heavy (non-hydrogen) atoms. The van der Waals surface area contributed by atoms with Gasteiger partial charge in [-0.05, 0) is 42.6 Å². The number of nitrogens with zero attached hydrogens (tertiary/aromatic N) is 1. The zero-order valence-electron chi connectivity index (χ0n) is 26.1. The SMILES string of the molecule is CCCCCCCC(C)(CCCCCC)CSCCc1ncc(C(C)(CCCC)CCCCCCC)s1. The highest BCUT2D eigenvalue weighted by atomic mass is 32.2. The topological polar surface area (TPSA) is 12.9 Å². The maximum atomic E-state index is 4.94. The van der Waals surface area contributed by atoms with Crippen molar-refractivity contribution in [2.24, 2.45) is 5.41 Å². The van der Waals surface area contributed by atoms with E-state index in [0.717, 1.165) is 6.42 Å². The zero-order chi connectivity index (χ0) is 27.2. The third-order valence-electron chi connectivity index (χ3n) is 8.49. The fraction of sp³-hybridized carbons (Fsp3) is 0.912. The Bertz CT molecular complexity index is 642. The van der Waals surface area contributed by atoms with Crippen LogP contribution in [0.1, 0.15) is 180 Å². The molecule has 1 nitrogen and oxygen atoms in total. The van der Waals surface area contributed by atoms with Crippen LogP contribution >= 0.6 is 23.1 Å². The van der Waals surface area contributed by atoms with Crippen LogP contribution in [-0.2, 0) is 11.8 Å². The van der Waals surface area contributed by atoms with E-state index in [1.54, 1.807) is 4.88 Å². The third kappa shape index (κ3) is 16.0. The molecule has 0 spiro atoms. The minimum atomic E-state index is 0.333. The molecule has 3 heteroatoms. The molecule has 1 rings (SSSR count). The van der Waals surface area contributed by atoms with E-state index in [-0.39, 0.29) is 0 Å². The first-order valence-electron chi connectivity index (χ1n) is 16.5. The Morgan fingerprint density at radius 1 is 0.649 bits per heavy atom. The van der Waals surface area contributed by atoms with Gasteiger partial charge in [-0.1, -0.05) is 144 Å². The van der Waals surface area contributed by atoms with Gasteiger partial charge in [0, 0.05) is 22.9 Å². The summed E-state index contributed by atoms with van der Waals surface area (Å²) in [6.45, 7) is 14.4. The fourth-order valence-electron chi connectivity index (χ4n) is 5.64. The molecule has 0 aliphatic carbocycles. The van der Waals surface area contributed by atoms with E-state index in [9.17, 15) is 0 Å². The number of hydrogen-bond donors (Lipinski definition) is 0. The molecule has 0 bridgehead atoms. The first-order valence-corrected chi connectivity index (χ1v) is 18.4. The second-order valence-electron chi connectivity index (χ2n) is 12.5. The molecule has 0 fully saturated rings. The van der Waals surface area contributed by atoms with Crippen molar-refractivity contribution in [2.45, 2.75) is 182 Å². The predicted molar refractivity (Wildman–Crippen MR) is 174 cm³/mol. The summed E-state index contributed by atoms with van der Waals surface area (Å²) in [5.41, 5.74) is 0.856. The van der Waals surface area contributed by atoms with Crippen LogP contribution in [0.2, 0.25) is 0 Å². The summed E-state index contributed by atoms with van der Waals surface area (Å²) in [7, 11) is 0. The second kappa shape index (κ2) is 21.8. The van der Waals surface area contributed by atoms with E-state index in [4.69, 9.17) is 4.98 Å².